The molecular weight excluding hydrogens is 445 g/mol. The van der Waals surface area contributed by atoms with Crippen LogP contribution in [-0.2, 0) is 6.54 Å². The van der Waals surface area contributed by atoms with Crippen LogP contribution in [0.2, 0.25) is 0 Å². The molecule has 0 saturated carbocycles. The van der Waals surface area contributed by atoms with Crippen LogP contribution in [0.25, 0.3) is 0 Å². The average Bonchev–Trinajstić information content (AvgIpc) is 2.65. The monoisotopic (exact) mass is 475 g/mol. The maximum Gasteiger partial charge on any atom is 0.274 e. The number of nitrogens with one attached hydrogen (secondary N) is 2. The summed E-state index contributed by atoms with van der Waals surface area (Å²) in [7, 11) is 1.71. The van der Waals surface area contributed by atoms with Gasteiger partial charge in [-0.3, -0.25) is 20.0 Å². The summed E-state index contributed by atoms with van der Waals surface area (Å²) in [4.78, 5) is 17.5. The van der Waals surface area contributed by atoms with E-state index < -0.39 is 0 Å². The molecule has 1 atom stereocenters. The number of hydrogen-bond acceptors (Lipinski definition) is 4. The third-order valence-corrected chi connectivity index (χ3v) is 4.77. The van der Waals surface area contributed by atoms with Crippen molar-refractivity contribution in [1.29, 1.82) is 0 Å². The van der Waals surface area contributed by atoms with Gasteiger partial charge in [-0.2, -0.15) is 0 Å². The third-order valence-electron chi connectivity index (χ3n) is 4.77. The fourth-order valence-electron chi connectivity index (χ4n) is 3.37. The maximum absolute atomic E-state index is 11.1. The van der Waals surface area contributed by atoms with Crippen molar-refractivity contribution < 1.29 is 4.92 Å². The number of para-hydroxylation sites is 1. The largest absolute Gasteiger partial charge is 0.355 e. The summed E-state index contributed by atoms with van der Waals surface area (Å²) in [5, 5.41) is 17.5. The van der Waals surface area contributed by atoms with Gasteiger partial charge >= 0.3 is 0 Å². The lowest BCUT2D eigenvalue weighted by atomic mass is 10.0. The quantitative estimate of drug-likeness (QED) is 0.208. The summed E-state index contributed by atoms with van der Waals surface area (Å²) in [6.45, 7) is 5.60. The van der Waals surface area contributed by atoms with Crippen LogP contribution < -0.4 is 10.6 Å². The summed E-state index contributed by atoms with van der Waals surface area (Å²) in [6.07, 6.45) is 5.11. The number of piperidine rings is 1. The zero-order valence-electron chi connectivity index (χ0n) is 15.6. The summed E-state index contributed by atoms with van der Waals surface area (Å²) >= 11 is 0. The van der Waals surface area contributed by atoms with Crippen LogP contribution in [0, 0.1) is 10.1 Å². The van der Waals surface area contributed by atoms with Crippen LogP contribution in [0.3, 0.4) is 0 Å². The molecule has 0 aliphatic carbocycles. The second-order valence-corrected chi connectivity index (χ2v) is 6.33. The number of nitro groups is 1. The van der Waals surface area contributed by atoms with Gasteiger partial charge in [0, 0.05) is 44.4 Å². The fraction of sp³-hybridized carbons (Fsp3) is 0.611. The van der Waals surface area contributed by atoms with Crippen molar-refractivity contribution in [3.63, 3.8) is 0 Å². The molecule has 8 heteroatoms. The standard InChI is InChI=1S/C18H29N5O2.HI/c1-3-16-9-6-7-12-22(16)13-11-20-18(19-2)21-14-15-8-4-5-10-17(15)23(24)25;/h4-5,8,10,16H,3,6-7,9,11-14H2,1-2H3,(H2,19,20,21);1H. The minimum Gasteiger partial charge on any atom is -0.355 e. The zero-order valence-corrected chi connectivity index (χ0v) is 17.9. The Labute approximate surface area is 172 Å². The Morgan fingerprint density at radius 1 is 1.35 bits per heavy atom. The Balaban J connectivity index is 0.00000338. The van der Waals surface area contributed by atoms with Gasteiger partial charge in [0.15, 0.2) is 5.96 Å². The van der Waals surface area contributed by atoms with Crippen LogP contribution in [0.5, 0.6) is 0 Å². The van der Waals surface area contributed by atoms with Crippen LogP contribution >= 0.6 is 24.0 Å². The minimum absolute atomic E-state index is 0. The predicted octanol–water partition coefficient (Wildman–Crippen LogP) is 3.14. The first kappa shape index (κ1) is 22.6. The Morgan fingerprint density at radius 2 is 2.12 bits per heavy atom. The number of guanidine groups is 1. The van der Waals surface area contributed by atoms with E-state index in [2.05, 4.69) is 27.4 Å². The van der Waals surface area contributed by atoms with Gasteiger partial charge in [-0.15, -0.1) is 24.0 Å². The van der Waals surface area contributed by atoms with E-state index >= 15 is 0 Å². The number of nitro benzene ring substituents is 1. The molecule has 1 unspecified atom stereocenters. The van der Waals surface area contributed by atoms with E-state index in [-0.39, 0.29) is 34.6 Å². The van der Waals surface area contributed by atoms with E-state index in [9.17, 15) is 10.1 Å². The molecule has 1 saturated heterocycles. The van der Waals surface area contributed by atoms with Crippen molar-refractivity contribution in [2.24, 2.45) is 4.99 Å². The van der Waals surface area contributed by atoms with Gasteiger partial charge in [0.25, 0.3) is 5.69 Å². The number of aliphatic imine (C=N–C) groups is 1. The van der Waals surface area contributed by atoms with Crippen LogP contribution in [0.15, 0.2) is 29.3 Å². The molecule has 1 aliphatic rings. The molecule has 1 aromatic rings. The lowest BCUT2D eigenvalue weighted by Crippen LogP contribution is -2.45. The Bertz CT molecular complexity index is 597. The van der Waals surface area contributed by atoms with Crippen LogP contribution in [0.4, 0.5) is 5.69 Å². The molecular formula is C18H30IN5O2. The Morgan fingerprint density at radius 3 is 2.81 bits per heavy atom. The molecule has 2 N–H and O–H groups in total. The lowest BCUT2D eigenvalue weighted by Gasteiger charge is -2.35. The highest BCUT2D eigenvalue weighted by atomic mass is 127. The second kappa shape index (κ2) is 12.1. The first-order chi connectivity index (χ1) is 12.2. The number of halogens is 1. The zero-order chi connectivity index (χ0) is 18.1. The molecule has 0 radical (unpaired) electrons. The summed E-state index contributed by atoms with van der Waals surface area (Å²) < 4.78 is 0. The highest BCUT2D eigenvalue weighted by Crippen LogP contribution is 2.19. The van der Waals surface area contributed by atoms with Crippen molar-refractivity contribution in [2.75, 3.05) is 26.7 Å². The van der Waals surface area contributed by atoms with Gasteiger partial charge < -0.3 is 10.6 Å². The lowest BCUT2D eigenvalue weighted by molar-refractivity contribution is -0.385. The SMILES string of the molecule is CCC1CCCCN1CCNC(=NC)NCc1ccccc1[N+](=O)[O-].I. The number of likely N-dealkylation sites (tertiary alicyclic amines) is 1. The van der Waals surface area contributed by atoms with E-state index in [0.717, 1.165) is 13.1 Å². The molecule has 26 heavy (non-hydrogen) atoms. The molecule has 2 rings (SSSR count). The summed E-state index contributed by atoms with van der Waals surface area (Å²) in [6, 6.07) is 7.46. The number of rotatable bonds is 7. The second-order valence-electron chi connectivity index (χ2n) is 6.33. The number of hydrogen-bond donors (Lipinski definition) is 2. The highest BCUT2D eigenvalue weighted by Gasteiger charge is 2.20. The minimum atomic E-state index is -0.353. The molecule has 0 amide bonds. The Kier molecular flexibility index (Phi) is 10.5. The number of benzene rings is 1. The highest BCUT2D eigenvalue weighted by molar-refractivity contribution is 14.0. The number of nitrogens with zero attached hydrogens (tertiary/aromatic N) is 3. The topological polar surface area (TPSA) is 82.8 Å². The molecule has 0 spiro atoms. The van der Waals surface area contributed by atoms with Crippen molar-refractivity contribution in [3.05, 3.63) is 39.9 Å². The maximum atomic E-state index is 11.1. The van der Waals surface area contributed by atoms with E-state index in [1.165, 1.54) is 38.3 Å². The molecule has 7 nitrogen and oxygen atoms in total. The van der Waals surface area contributed by atoms with Crippen molar-refractivity contribution in [2.45, 2.75) is 45.2 Å². The molecule has 0 bridgehead atoms. The molecule has 146 valence electrons. The Hall–Kier alpha value is -1.42. The van der Waals surface area contributed by atoms with Gasteiger partial charge in [-0.05, 0) is 25.8 Å². The first-order valence-corrected chi connectivity index (χ1v) is 9.06. The van der Waals surface area contributed by atoms with Crippen molar-refractivity contribution in [3.8, 4) is 0 Å². The van der Waals surface area contributed by atoms with Gasteiger partial charge in [-0.1, -0.05) is 31.5 Å². The molecule has 1 heterocycles. The third kappa shape index (κ3) is 6.71. The molecule has 1 fully saturated rings. The summed E-state index contributed by atoms with van der Waals surface area (Å²) in [5.41, 5.74) is 0.780. The van der Waals surface area contributed by atoms with Crippen LogP contribution in [0.1, 0.15) is 38.2 Å². The van der Waals surface area contributed by atoms with Gasteiger partial charge in [0.2, 0.25) is 0 Å². The van der Waals surface area contributed by atoms with Crippen molar-refractivity contribution >= 4 is 35.6 Å². The molecule has 1 aromatic carbocycles. The molecule has 1 aliphatic heterocycles. The predicted molar refractivity (Wildman–Crippen MR) is 116 cm³/mol. The first-order valence-electron chi connectivity index (χ1n) is 9.06. The van der Waals surface area contributed by atoms with Gasteiger partial charge in [0.05, 0.1) is 4.92 Å². The normalized spacial score (nSPS) is 18.1. The smallest absolute Gasteiger partial charge is 0.274 e. The van der Waals surface area contributed by atoms with E-state index in [4.69, 9.17) is 0 Å². The van der Waals surface area contributed by atoms with Crippen LogP contribution in [-0.4, -0.2) is 48.5 Å². The molecule has 0 aromatic heterocycles. The summed E-state index contributed by atoms with van der Waals surface area (Å²) in [5.74, 6) is 0.670. The van der Waals surface area contributed by atoms with E-state index in [1.54, 1.807) is 25.2 Å². The van der Waals surface area contributed by atoms with E-state index in [0.29, 0.717) is 24.1 Å². The van der Waals surface area contributed by atoms with E-state index in [1.807, 2.05) is 0 Å². The van der Waals surface area contributed by atoms with Gasteiger partial charge in [0.1, 0.15) is 0 Å². The fourth-order valence-corrected chi connectivity index (χ4v) is 3.37. The van der Waals surface area contributed by atoms with Gasteiger partial charge in [-0.25, -0.2) is 0 Å². The van der Waals surface area contributed by atoms with Crippen molar-refractivity contribution in [1.82, 2.24) is 15.5 Å². The average molecular weight is 475 g/mol.